The van der Waals surface area contributed by atoms with Crippen LogP contribution in [0, 0.1) is 0 Å². The average Bonchev–Trinajstić information content (AvgIpc) is 2.93. The third-order valence-corrected chi connectivity index (χ3v) is 1.46. The molecular weight excluding hydrogens is 296 g/mol. The largest absolute Gasteiger partial charge is 0.475 e. The van der Waals surface area contributed by atoms with E-state index in [-0.39, 0.29) is 34.1 Å². The molecule has 0 aliphatic heterocycles. The van der Waals surface area contributed by atoms with Crippen molar-refractivity contribution >= 4 is 11.9 Å². The average molecular weight is 306 g/mol. The fourth-order valence-electron chi connectivity index (χ4n) is 0.800. The summed E-state index contributed by atoms with van der Waals surface area (Å²) in [6, 6.07) is 5.84. The van der Waals surface area contributed by atoms with Crippen molar-refractivity contribution < 1.29 is 51.2 Å². The molecular formula is C10H10CuO7. The van der Waals surface area contributed by atoms with Crippen molar-refractivity contribution in [1.29, 1.82) is 0 Å². The molecule has 0 atom stereocenters. The minimum Gasteiger partial charge on any atom is -0.475 e. The summed E-state index contributed by atoms with van der Waals surface area (Å²) in [6.07, 6.45) is 2.65. The first-order valence-electron chi connectivity index (χ1n) is 4.15. The summed E-state index contributed by atoms with van der Waals surface area (Å²) in [5.41, 5.74) is 0. The molecule has 0 aliphatic rings. The fraction of sp³-hybridized carbons (Fsp3) is 0. The molecule has 2 rings (SSSR count). The molecule has 0 unspecified atom stereocenters. The number of carboxylic acid groups (broad SMARTS) is 2. The second-order valence-electron chi connectivity index (χ2n) is 2.56. The van der Waals surface area contributed by atoms with E-state index in [2.05, 4.69) is 8.83 Å². The third kappa shape index (κ3) is 5.90. The van der Waals surface area contributed by atoms with Crippen LogP contribution in [-0.2, 0) is 17.1 Å². The van der Waals surface area contributed by atoms with Gasteiger partial charge in [0.05, 0.1) is 12.5 Å². The Balaban J connectivity index is 0. The number of furan rings is 2. The number of rotatable bonds is 2. The standard InChI is InChI=1S/2C5H4O3.Cu.H2O/c2*6-5(7)4-2-1-3-8-4;;/h2*1-3H,(H,6,7);;1H2. The van der Waals surface area contributed by atoms with E-state index in [1.807, 2.05) is 0 Å². The molecule has 2 aromatic rings. The Bertz CT molecular complexity index is 402. The van der Waals surface area contributed by atoms with Crippen LogP contribution in [0.2, 0.25) is 0 Å². The van der Waals surface area contributed by atoms with Gasteiger partial charge in [-0.05, 0) is 24.3 Å². The fourth-order valence-corrected chi connectivity index (χ4v) is 0.800. The Hall–Kier alpha value is -2.02. The van der Waals surface area contributed by atoms with Gasteiger partial charge in [0.15, 0.2) is 0 Å². The smallest absolute Gasteiger partial charge is 0.371 e. The monoisotopic (exact) mass is 305 g/mol. The first kappa shape index (κ1) is 18.3. The van der Waals surface area contributed by atoms with Gasteiger partial charge in [-0.25, -0.2) is 9.59 Å². The van der Waals surface area contributed by atoms with Crippen molar-refractivity contribution in [2.45, 2.75) is 0 Å². The van der Waals surface area contributed by atoms with E-state index >= 15 is 0 Å². The zero-order valence-corrected chi connectivity index (χ0v) is 9.73. The Morgan fingerprint density at radius 2 is 1.22 bits per heavy atom. The molecule has 4 N–H and O–H groups in total. The molecule has 0 fully saturated rings. The van der Waals surface area contributed by atoms with Crippen LogP contribution in [0.15, 0.2) is 45.6 Å². The number of carbonyl (C=O) groups is 2. The van der Waals surface area contributed by atoms with Gasteiger partial charge in [0.2, 0.25) is 11.5 Å². The Kier molecular flexibility index (Phi) is 9.23. The maximum Gasteiger partial charge on any atom is 0.371 e. The van der Waals surface area contributed by atoms with Crippen LogP contribution in [0.5, 0.6) is 0 Å². The van der Waals surface area contributed by atoms with E-state index in [1.165, 1.54) is 36.8 Å². The Morgan fingerprint density at radius 1 is 0.889 bits per heavy atom. The van der Waals surface area contributed by atoms with E-state index in [0.717, 1.165) is 0 Å². The second kappa shape index (κ2) is 9.06. The predicted octanol–water partition coefficient (Wildman–Crippen LogP) is 1.13. The zero-order chi connectivity index (χ0) is 12.0. The topological polar surface area (TPSA) is 132 Å². The molecule has 18 heavy (non-hydrogen) atoms. The molecule has 2 aromatic heterocycles. The van der Waals surface area contributed by atoms with Gasteiger partial charge < -0.3 is 24.5 Å². The van der Waals surface area contributed by atoms with Crippen molar-refractivity contribution in [2.75, 3.05) is 0 Å². The van der Waals surface area contributed by atoms with E-state index in [4.69, 9.17) is 10.2 Å². The molecule has 0 bridgehead atoms. The van der Waals surface area contributed by atoms with Crippen LogP contribution < -0.4 is 0 Å². The normalized spacial score (nSPS) is 8.00. The number of hydrogen-bond donors (Lipinski definition) is 2. The molecule has 0 spiro atoms. The molecule has 7 nitrogen and oxygen atoms in total. The third-order valence-electron chi connectivity index (χ3n) is 1.46. The number of carboxylic acids is 2. The van der Waals surface area contributed by atoms with Gasteiger partial charge in [-0.1, -0.05) is 0 Å². The first-order chi connectivity index (χ1) is 7.61. The van der Waals surface area contributed by atoms with Gasteiger partial charge in [0, 0.05) is 17.1 Å². The molecule has 8 heteroatoms. The molecule has 0 saturated carbocycles. The maximum atomic E-state index is 9.97. The van der Waals surface area contributed by atoms with Crippen molar-refractivity contribution in [3.8, 4) is 0 Å². The number of aromatic carboxylic acids is 2. The summed E-state index contributed by atoms with van der Waals surface area (Å²) in [5.74, 6) is -2.11. The summed E-state index contributed by atoms with van der Waals surface area (Å²) < 4.78 is 8.99. The van der Waals surface area contributed by atoms with Crippen molar-refractivity contribution in [2.24, 2.45) is 0 Å². The Morgan fingerprint density at radius 3 is 1.33 bits per heavy atom. The van der Waals surface area contributed by atoms with Crippen LogP contribution in [-0.4, -0.2) is 27.6 Å². The summed E-state index contributed by atoms with van der Waals surface area (Å²) in [6.45, 7) is 0. The molecule has 1 radical (unpaired) electrons. The van der Waals surface area contributed by atoms with Crippen molar-refractivity contribution in [1.82, 2.24) is 0 Å². The minimum atomic E-state index is -1.03. The van der Waals surface area contributed by atoms with Crippen LogP contribution in [0.3, 0.4) is 0 Å². The minimum absolute atomic E-state index is 0. The van der Waals surface area contributed by atoms with Crippen LogP contribution >= 0.6 is 0 Å². The van der Waals surface area contributed by atoms with E-state index < -0.39 is 11.9 Å². The van der Waals surface area contributed by atoms with E-state index in [0.29, 0.717) is 0 Å². The summed E-state index contributed by atoms with van der Waals surface area (Å²) in [5, 5.41) is 16.4. The van der Waals surface area contributed by atoms with Gasteiger partial charge in [-0.3, -0.25) is 0 Å². The van der Waals surface area contributed by atoms with Gasteiger partial charge >= 0.3 is 11.9 Å². The quantitative estimate of drug-likeness (QED) is 0.799. The van der Waals surface area contributed by atoms with Crippen LogP contribution in [0.4, 0.5) is 0 Å². The number of hydrogen-bond acceptors (Lipinski definition) is 4. The van der Waals surface area contributed by atoms with Crippen molar-refractivity contribution in [3.05, 3.63) is 48.3 Å². The van der Waals surface area contributed by atoms with Gasteiger partial charge in [0.25, 0.3) is 0 Å². The summed E-state index contributed by atoms with van der Waals surface area (Å²) >= 11 is 0. The summed E-state index contributed by atoms with van der Waals surface area (Å²) in [7, 11) is 0. The molecule has 0 saturated heterocycles. The van der Waals surface area contributed by atoms with Crippen molar-refractivity contribution in [3.63, 3.8) is 0 Å². The zero-order valence-electron chi connectivity index (χ0n) is 8.79. The van der Waals surface area contributed by atoms with Gasteiger partial charge in [0.1, 0.15) is 0 Å². The molecule has 0 aromatic carbocycles. The van der Waals surface area contributed by atoms with Gasteiger partial charge in [-0.2, -0.15) is 0 Å². The Labute approximate surface area is 112 Å². The van der Waals surface area contributed by atoms with E-state index in [1.54, 1.807) is 0 Å². The van der Waals surface area contributed by atoms with E-state index in [9.17, 15) is 9.59 Å². The SMILES string of the molecule is O.O=C(O)c1ccco1.O=C(O)c1ccco1.[Cu]. The molecule has 103 valence electrons. The van der Waals surface area contributed by atoms with Crippen LogP contribution in [0.25, 0.3) is 0 Å². The predicted molar refractivity (Wildman–Crippen MR) is 54.9 cm³/mol. The molecule has 2 heterocycles. The second-order valence-corrected chi connectivity index (χ2v) is 2.56. The van der Waals surface area contributed by atoms with Crippen LogP contribution in [0.1, 0.15) is 21.1 Å². The maximum absolute atomic E-state index is 9.97. The molecule has 0 amide bonds. The molecule has 0 aliphatic carbocycles. The summed E-state index contributed by atoms with van der Waals surface area (Å²) in [4.78, 5) is 19.9. The first-order valence-corrected chi connectivity index (χ1v) is 4.15. The van der Waals surface area contributed by atoms with Gasteiger partial charge in [-0.15, -0.1) is 0 Å².